The minimum atomic E-state index is 0.840. The van der Waals surface area contributed by atoms with Gasteiger partial charge in [-0.15, -0.1) is 0 Å². The summed E-state index contributed by atoms with van der Waals surface area (Å²) in [4.78, 5) is 4.90. The first-order valence-electron chi connectivity index (χ1n) is 6.40. The zero-order valence-electron chi connectivity index (χ0n) is 10.9. The Bertz CT molecular complexity index is 329. The SMILES string of the molecule is Cc1ccoc1CNCCN1CCN(C)CC1. The number of furan rings is 1. The molecule has 1 N–H and O–H groups in total. The smallest absolute Gasteiger partial charge is 0.120 e. The van der Waals surface area contributed by atoms with E-state index in [0.29, 0.717) is 0 Å². The summed E-state index contributed by atoms with van der Waals surface area (Å²) in [5, 5.41) is 3.44. The minimum Gasteiger partial charge on any atom is -0.468 e. The van der Waals surface area contributed by atoms with E-state index in [1.54, 1.807) is 6.26 Å². The predicted octanol–water partition coefficient (Wildman–Crippen LogP) is 0.925. The molecule has 1 aliphatic rings. The van der Waals surface area contributed by atoms with E-state index in [1.165, 1.54) is 31.7 Å². The third-order valence-electron chi connectivity index (χ3n) is 3.45. The molecule has 0 radical (unpaired) electrons. The van der Waals surface area contributed by atoms with E-state index < -0.39 is 0 Å². The molecule has 2 heterocycles. The summed E-state index contributed by atoms with van der Waals surface area (Å²) in [5.74, 6) is 1.06. The first kappa shape index (κ1) is 12.6. The maximum Gasteiger partial charge on any atom is 0.120 e. The Labute approximate surface area is 104 Å². The van der Waals surface area contributed by atoms with E-state index in [0.717, 1.165) is 25.4 Å². The van der Waals surface area contributed by atoms with Crippen LogP contribution in [0.4, 0.5) is 0 Å². The molecule has 0 amide bonds. The Balaban J connectivity index is 1.59. The van der Waals surface area contributed by atoms with Gasteiger partial charge in [-0.2, -0.15) is 0 Å². The standard InChI is InChI=1S/C13H23N3O/c1-12-3-10-17-13(12)11-14-4-5-16-8-6-15(2)7-9-16/h3,10,14H,4-9,11H2,1-2H3. The van der Waals surface area contributed by atoms with Crippen molar-refractivity contribution in [1.29, 1.82) is 0 Å². The van der Waals surface area contributed by atoms with E-state index in [9.17, 15) is 0 Å². The summed E-state index contributed by atoms with van der Waals surface area (Å²) in [7, 11) is 2.19. The summed E-state index contributed by atoms with van der Waals surface area (Å²) >= 11 is 0. The van der Waals surface area contributed by atoms with Crippen molar-refractivity contribution in [3.8, 4) is 0 Å². The van der Waals surface area contributed by atoms with Crippen LogP contribution in [0.15, 0.2) is 16.7 Å². The lowest BCUT2D eigenvalue weighted by Gasteiger charge is -2.32. The first-order valence-corrected chi connectivity index (χ1v) is 6.40. The van der Waals surface area contributed by atoms with Gasteiger partial charge in [0.15, 0.2) is 0 Å². The molecule has 1 aliphatic heterocycles. The van der Waals surface area contributed by atoms with E-state index >= 15 is 0 Å². The highest BCUT2D eigenvalue weighted by Crippen LogP contribution is 2.07. The average molecular weight is 237 g/mol. The maximum atomic E-state index is 5.39. The van der Waals surface area contributed by atoms with Crippen molar-refractivity contribution in [3.05, 3.63) is 23.7 Å². The molecule has 1 saturated heterocycles. The van der Waals surface area contributed by atoms with Gasteiger partial charge in [0.1, 0.15) is 5.76 Å². The van der Waals surface area contributed by atoms with E-state index in [2.05, 4.69) is 29.1 Å². The molecule has 0 aromatic carbocycles. The van der Waals surface area contributed by atoms with Crippen LogP contribution in [0.5, 0.6) is 0 Å². The van der Waals surface area contributed by atoms with E-state index in [-0.39, 0.29) is 0 Å². The second-order valence-corrected chi connectivity index (χ2v) is 4.85. The normalized spacial score (nSPS) is 18.7. The van der Waals surface area contributed by atoms with E-state index in [4.69, 9.17) is 4.42 Å². The molecule has 1 aromatic heterocycles. The lowest BCUT2D eigenvalue weighted by Crippen LogP contribution is -2.46. The quantitative estimate of drug-likeness (QED) is 0.772. The highest BCUT2D eigenvalue weighted by atomic mass is 16.3. The second-order valence-electron chi connectivity index (χ2n) is 4.85. The fraction of sp³-hybridized carbons (Fsp3) is 0.692. The van der Waals surface area contributed by atoms with Crippen LogP contribution in [0.2, 0.25) is 0 Å². The Morgan fingerprint density at radius 3 is 2.71 bits per heavy atom. The molecule has 0 spiro atoms. The monoisotopic (exact) mass is 237 g/mol. The van der Waals surface area contributed by atoms with Crippen LogP contribution in [-0.4, -0.2) is 56.1 Å². The summed E-state index contributed by atoms with van der Waals surface area (Å²) in [6.07, 6.45) is 1.76. The number of hydrogen-bond acceptors (Lipinski definition) is 4. The van der Waals surface area contributed by atoms with Crippen LogP contribution in [-0.2, 0) is 6.54 Å². The van der Waals surface area contributed by atoms with Gasteiger partial charge >= 0.3 is 0 Å². The third-order valence-corrected chi connectivity index (χ3v) is 3.45. The molecule has 4 heteroatoms. The summed E-state index contributed by atoms with van der Waals surface area (Å²) in [5.41, 5.74) is 1.23. The van der Waals surface area contributed by atoms with Crippen LogP contribution in [0.1, 0.15) is 11.3 Å². The molecule has 2 rings (SSSR count). The van der Waals surface area contributed by atoms with Crippen molar-refractivity contribution >= 4 is 0 Å². The predicted molar refractivity (Wildman–Crippen MR) is 69.1 cm³/mol. The number of nitrogens with one attached hydrogen (secondary N) is 1. The third kappa shape index (κ3) is 3.84. The molecule has 1 aromatic rings. The van der Waals surface area contributed by atoms with Crippen LogP contribution in [0, 0.1) is 6.92 Å². The maximum absolute atomic E-state index is 5.39. The zero-order chi connectivity index (χ0) is 12.1. The molecule has 0 saturated carbocycles. The Morgan fingerprint density at radius 2 is 2.06 bits per heavy atom. The summed E-state index contributed by atoms with van der Waals surface area (Å²) in [6, 6.07) is 2.01. The Morgan fingerprint density at radius 1 is 1.29 bits per heavy atom. The molecule has 0 unspecified atom stereocenters. The Kier molecular flexibility index (Phi) is 4.59. The van der Waals surface area contributed by atoms with Crippen LogP contribution in [0.3, 0.4) is 0 Å². The molecule has 0 bridgehead atoms. The van der Waals surface area contributed by atoms with Gasteiger partial charge in [-0.1, -0.05) is 0 Å². The molecule has 17 heavy (non-hydrogen) atoms. The molecule has 0 aliphatic carbocycles. The lowest BCUT2D eigenvalue weighted by atomic mass is 10.3. The van der Waals surface area contributed by atoms with Crippen LogP contribution in [0.25, 0.3) is 0 Å². The van der Waals surface area contributed by atoms with Crippen molar-refractivity contribution < 1.29 is 4.42 Å². The number of rotatable bonds is 5. The molecule has 1 fully saturated rings. The molecule has 96 valence electrons. The highest BCUT2D eigenvalue weighted by Gasteiger charge is 2.12. The van der Waals surface area contributed by atoms with Gasteiger partial charge in [-0.25, -0.2) is 0 Å². The molecular weight excluding hydrogens is 214 g/mol. The van der Waals surface area contributed by atoms with Crippen LogP contribution >= 0.6 is 0 Å². The van der Waals surface area contributed by atoms with E-state index in [1.807, 2.05) is 6.07 Å². The largest absolute Gasteiger partial charge is 0.468 e. The van der Waals surface area contributed by atoms with Gasteiger partial charge in [0.25, 0.3) is 0 Å². The second kappa shape index (κ2) is 6.19. The van der Waals surface area contributed by atoms with Gasteiger partial charge in [-0.3, -0.25) is 4.90 Å². The van der Waals surface area contributed by atoms with Crippen molar-refractivity contribution in [1.82, 2.24) is 15.1 Å². The fourth-order valence-electron chi connectivity index (χ4n) is 2.10. The lowest BCUT2D eigenvalue weighted by molar-refractivity contribution is 0.154. The van der Waals surface area contributed by atoms with Crippen LogP contribution < -0.4 is 5.32 Å². The molecular formula is C13H23N3O. The first-order chi connectivity index (χ1) is 8.25. The zero-order valence-corrected chi connectivity index (χ0v) is 10.9. The number of piperazine rings is 1. The number of likely N-dealkylation sites (N-methyl/N-ethyl adjacent to an activating group) is 1. The Hall–Kier alpha value is -0.840. The van der Waals surface area contributed by atoms with Gasteiger partial charge in [-0.05, 0) is 25.6 Å². The van der Waals surface area contributed by atoms with Gasteiger partial charge < -0.3 is 14.6 Å². The van der Waals surface area contributed by atoms with Gasteiger partial charge in [0.2, 0.25) is 0 Å². The average Bonchev–Trinajstić information content (AvgIpc) is 2.73. The fourth-order valence-corrected chi connectivity index (χ4v) is 2.10. The van der Waals surface area contributed by atoms with Crippen molar-refractivity contribution in [2.45, 2.75) is 13.5 Å². The number of nitrogens with zero attached hydrogens (tertiary/aromatic N) is 2. The van der Waals surface area contributed by atoms with Crippen molar-refractivity contribution in [2.24, 2.45) is 0 Å². The van der Waals surface area contributed by atoms with Crippen molar-refractivity contribution in [3.63, 3.8) is 0 Å². The molecule has 4 nitrogen and oxygen atoms in total. The highest BCUT2D eigenvalue weighted by molar-refractivity contribution is 5.13. The number of aryl methyl sites for hydroxylation is 1. The summed E-state index contributed by atoms with van der Waals surface area (Å²) in [6.45, 7) is 9.86. The van der Waals surface area contributed by atoms with Gasteiger partial charge in [0.05, 0.1) is 12.8 Å². The number of hydrogen-bond donors (Lipinski definition) is 1. The van der Waals surface area contributed by atoms with Gasteiger partial charge in [0, 0.05) is 39.3 Å². The van der Waals surface area contributed by atoms with Crippen molar-refractivity contribution in [2.75, 3.05) is 46.3 Å². The molecule has 0 atom stereocenters. The summed E-state index contributed by atoms with van der Waals surface area (Å²) < 4.78 is 5.39. The topological polar surface area (TPSA) is 31.7 Å². The minimum absolute atomic E-state index is 0.840.